The summed E-state index contributed by atoms with van der Waals surface area (Å²) < 4.78 is 0. The van der Waals surface area contributed by atoms with Crippen LogP contribution in [-0.4, -0.2) is 24.3 Å². The maximum absolute atomic E-state index is 4.46. The van der Waals surface area contributed by atoms with Gasteiger partial charge in [-0.1, -0.05) is 30.7 Å². The maximum Gasteiger partial charge on any atom is 0.126 e. The monoisotopic (exact) mass is 306 g/mol. The lowest BCUT2D eigenvalue weighted by Gasteiger charge is -2.22. The minimum absolute atomic E-state index is 0.648. The first kappa shape index (κ1) is 14.1. The van der Waals surface area contributed by atoms with Gasteiger partial charge in [-0.05, 0) is 25.0 Å². The van der Waals surface area contributed by atoms with Crippen LogP contribution in [0.5, 0.6) is 0 Å². The van der Waals surface area contributed by atoms with Crippen molar-refractivity contribution >= 4 is 28.0 Å². The quantitative estimate of drug-likeness (QED) is 0.738. The molecule has 1 aliphatic carbocycles. The van der Waals surface area contributed by atoms with Gasteiger partial charge in [-0.15, -0.1) is 0 Å². The van der Waals surface area contributed by atoms with Crippen molar-refractivity contribution in [3.63, 3.8) is 0 Å². The Morgan fingerprint density at radius 3 is 2.57 bits per heavy atom. The molecule has 1 heterocycles. The van der Waals surface area contributed by atoms with Crippen molar-refractivity contribution in [1.29, 1.82) is 0 Å². The SMILES string of the molecule is CN(C)c1ccc(Nc2cc(C3CCC3)n[nH]2)c2ccccc12. The highest BCUT2D eigenvalue weighted by Crippen LogP contribution is 2.37. The highest BCUT2D eigenvalue weighted by atomic mass is 15.2. The molecule has 0 saturated heterocycles. The maximum atomic E-state index is 4.46. The summed E-state index contributed by atoms with van der Waals surface area (Å²) >= 11 is 0. The van der Waals surface area contributed by atoms with Gasteiger partial charge in [-0.3, -0.25) is 5.10 Å². The second-order valence-electron chi connectivity index (χ2n) is 6.53. The standard InChI is InChI=1S/C19H22N4/c1-23(2)18-11-10-16(14-8-3-4-9-15(14)18)20-19-12-17(21-22-19)13-6-5-7-13/h3-4,8-13H,5-7H2,1-2H3,(H2,20,21,22). The van der Waals surface area contributed by atoms with E-state index in [2.05, 4.69) is 77.0 Å². The topological polar surface area (TPSA) is 44.0 Å². The van der Waals surface area contributed by atoms with E-state index in [1.165, 1.54) is 41.4 Å². The van der Waals surface area contributed by atoms with Crippen LogP contribution in [0.3, 0.4) is 0 Å². The van der Waals surface area contributed by atoms with Crippen molar-refractivity contribution in [2.75, 3.05) is 24.3 Å². The van der Waals surface area contributed by atoms with Gasteiger partial charge in [-0.25, -0.2) is 0 Å². The van der Waals surface area contributed by atoms with Gasteiger partial charge in [0.25, 0.3) is 0 Å². The lowest BCUT2D eigenvalue weighted by molar-refractivity contribution is 0.410. The summed E-state index contributed by atoms with van der Waals surface area (Å²) in [6.07, 6.45) is 3.87. The summed E-state index contributed by atoms with van der Waals surface area (Å²) in [5.41, 5.74) is 3.52. The lowest BCUT2D eigenvalue weighted by atomic mass is 9.83. The number of H-pyrrole nitrogens is 1. The number of anilines is 3. The summed E-state index contributed by atoms with van der Waals surface area (Å²) in [7, 11) is 4.16. The number of aromatic amines is 1. The summed E-state index contributed by atoms with van der Waals surface area (Å²) in [6, 6.07) is 15.0. The average Bonchev–Trinajstić information content (AvgIpc) is 2.93. The zero-order chi connectivity index (χ0) is 15.8. The Hall–Kier alpha value is -2.49. The third-order valence-electron chi connectivity index (χ3n) is 4.77. The normalized spacial score (nSPS) is 14.7. The zero-order valence-corrected chi connectivity index (χ0v) is 13.6. The Labute approximate surface area is 136 Å². The van der Waals surface area contributed by atoms with Crippen LogP contribution in [0.1, 0.15) is 30.9 Å². The molecule has 23 heavy (non-hydrogen) atoms. The molecule has 4 nitrogen and oxygen atoms in total. The van der Waals surface area contributed by atoms with Crippen LogP contribution >= 0.6 is 0 Å². The van der Waals surface area contributed by atoms with Crippen LogP contribution in [0.15, 0.2) is 42.5 Å². The smallest absolute Gasteiger partial charge is 0.126 e. The molecule has 0 bridgehead atoms. The fourth-order valence-electron chi connectivity index (χ4n) is 3.24. The first-order valence-electron chi connectivity index (χ1n) is 8.24. The lowest BCUT2D eigenvalue weighted by Crippen LogP contribution is -2.09. The van der Waals surface area contributed by atoms with Gasteiger partial charge in [0.05, 0.1) is 5.69 Å². The number of hydrogen-bond acceptors (Lipinski definition) is 3. The fourth-order valence-corrected chi connectivity index (χ4v) is 3.24. The number of rotatable bonds is 4. The minimum Gasteiger partial charge on any atom is -0.377 e. The molecule has 2 N–H and O–H groups in total. The highest BCUT2D eigenvalue weighted by molar-refractivity contribution is 6.02. The van der Waals surface area contributed by atoms with Crippen molar-refractivity contribution in [3.8, 4) is 0 Å². The molecule has 4 heteroatoms. The molecule has 0 aliphatic heterocycles. The molecule has 0 spiro atoms. The molecule has 0 radical (unpaired) electrons. The van der Waals surface area contributed by atoms with Crippen molar-refractivity contribution in [2.24, 2.45) is 0 Å². The van der Waals surface area contributed by atoms with E-state index in [9.17, 15) is 0 Å². The number of hydrogen-bond donors (Lipinski definition) is 2. The van der Waals surface area contributed by atoms with Crippen LogP contribution < -0.4 is 10.2 Å². The molecule has 1 saturated carbocycles. The summed E-state index contributed by atoms with van der Waals surface area (Å²) in [5.74, 6) is 1.62. The third kappa shape index (κ3) is 2.54. The third-order valence-corrected chi connectivity index (χ3v) is 4.77. The zero-order valence-electron chi connectivity index (χ0n) is 13.6. The van der Waals surface area contributed by atoms with Gasteiger partial charge in [0, 0.05) is 48.2 Å². The Morgan fingerprint density at radius 1 is 1.09 bits per heavy atom. The largest absolute Gasteiger partial charge is 0.377 e. The van der Waals surface area contributed by atoms with E-state index >= 15 is 0 Å². The van der Waals surface area contributed by atoms with Crippen molar-refractivity contribution in [2.45, 2.75) is 25.2 Å². The molecule has 1 aliphatic rings. The molecule has 2 aromatic carbocycles. The number of nitrogens with one attached hydrogen (secondary N) is 2. The first-order chi connectivity index (χ1) is 11.2. The Kier molecular flexibility index (Phi) is 3.45. The summed E-state index contributed by atoms with van der Waals surface area (Å²) in [4.78, 5) is 2.15. The Bertz CT molecular complexity index is 830. The van der Waals surface area contributed by atoms with Crippen molar-refractivity contribution in [3.05, 3.63) is 48.2 Å². The van der Waals surface area contributed by atoms with Crippen LogP contribution in [0.2, 0.25) is 0 Å². The Balaban J connectivity index is 1.69. The predicted molar refractivity (Wildman–Crippen MR) is 96.7 cm³/mol. The van der Waals surface area contributed by atoms with Gasteiger partial charge in [0.15, 0.2) is 0 Å². The molecule has 0 amide bonds. The van der Waals surface area contributed by atoms with Gasteiger partial charge >= 0.3 is 0 Å². The molecule has 0 unspecified atom stereocenters. The van der Waals surface area contributed by atoms with E-state index in [4.69, 9.17) is 0 Å². The van der Waals surface area contributed by atoms with Crippen LogP contribution in [0, 0.1) is 0 Å². The Morgan fingerprint density at radius 2 is 1.87 bits per heavy atom. The molecular weight excluding hydrogens is 284 g/mol. The molecule has 3 aromatic rings. The number of fused-ring (bicyclic) bond motifs is 1. The van der Waals surface area contributed by atoms with E-state index in [1.807, 2.05) is 0 Å². The van der Waals surface area contributed by atoms with Crippen molar-refractivity contribution in [1.82, 2.24) is 10.2 Å². The van der Waals surface area contributed by atoms with Crippen LogP contribution in [-0.2, 0) is 0 Å². The summed E-state index contributed by atoms with van der Waals surface area (Å²) in [5, 5.41) is 13.6. The predicted octanol–water partition coefficient (Wildman–Crippen LogP) is 4.64. The molecular formula is C19H22N4. The number of nitrogens with zero attached hydrogens (tertiary/aromatic N) is 2. The van der Waals surface area contributed by atoms with Crippen LogP contribution in [0.4, 0.5) is 17.2 Å². The van der Waals surface area contributed by atoms with Gasteiger partial charge in [-0.2, -0.15) is 5.10 Å². The van der Waals surface area contributed by atoms with Crippen molar-refractivity contribution < 1.29 is 0 Å². The molecule has 1 aromatic heterocycles. The average molecular weight is 306 g/mol. The number of aromatic nitrogens is 2. The van der Waals surface area contributed by atoms with E-state index in [0.29, 0.717) is 5.92 Å². The summed E-state index contributed by atoms with van der Waals surface area (Å²) in [6.45, 7) is 0. The van der Waals surface area contributed by atoms with Gasteiger partial charge in [0.1, 0.15) is 5.82 Å². The van der Waals surface area contributed by atoms with Gasteiger partial charge < -0.3 is 10.2 Å². The first-order valence-corrected chi connectivity index (χ1v) is 8.24. The molecule has 0 atom stereocenters. The highest BCUT2D eigenvalue weighted by Gasteiger charge is 2.22. The fraction of sp³-hybridized carbons (Fsp3) is 0.316. The molecule has 1 fully saturated rings. The van der Waals surface area contributed by atoms with E-state index in [1.54, 1.807) is 0 Å². The number of benzene rings is 2. The second kappa shape index (κ2) is 5.61. The minimum atomic E-state index is 0.648. The van der Waals surface area contributed by atoms with Gasteiger partial charge in [0.2, 0.25) is 0 Å². The second-order valence-corrected chi connectivity index (χ2v) is 6.53. The van der Waals surface area contributed by atoms with E-state index < -0.39 is 0 Å². The molecule has 4 rings (SSSR count). The van der Waals surface area contributed by atoms with Crippen LogP contribution in [0.25, 0.3) is 10.8 Å². The van der Waals surface area contributed by atoms with E-state index in [-0.39, 0.29) is 0 Å². The molecule has 118 valence electrons. The van der Waals surface area contributed by atoms with E-state index in [0.717, 1.165) is 11.5 Å².